The molecule has 108 valence electrons. The van der Waals surface area contributed by atoms with E-state index in [-0.39, 0.29) is 11.3 Å². The van der Waals surface area contributed by atoms with Crippen molar-refractivity contribution in [2.45, 2.75) is 51.8 Å². The number of nitrogens with zero attached hydrogens (tertiary/aromatic N) is 1. The van der Waals surface area contributed by atoms with Crippen LogP contribution in [0.5, 0.6) is 0 Å². The van der Waals surface area contributed by atoms with Gasteiger partial charge in [0.2, 0.25) is 0 Å². The van der Waals surface area contributed by atoms with E-state index in [4.69, 9.17) is 0 Å². The number of nitrogens with one attached hydrogen (secondary N) is 2. The van der Waals surface area contributed by atoms with Crippen LogP contribution in [0.3, 0.4) is 0 Å². The average molecular weight is 277 g/mol. The zero-order valence-corrected chi connectivity index (χ0v) is 13.4. The van der Waals surface area contributed by atoms with Gasteiger partial charge >= 0.3 is 0 Å². The van der Waals surface area contributed by atoms with E-state index in [9.17, 15) is 8.42 Å². The van der Waals surface area contributed by atoms with Crippen molar-refractivity contribution in [3.05, 3.63) is 0 Å². The smallest absolute Gasteiger partial charge is 0.191 e. The molecule has 0 amide bonds. The summed E-state index contributed by atoms with van der Waals surface area (Å²) in [5, 5.41) is 6.19. The van der Waals surface area contributed by atoms with E-state index in [1.165, 1.54) is 0 Å². The molecule has 0 rings (SSSR count). The van der Waals surface area contributed by atoms with Crippen molar-refractivity contribution >= 4 is 15.8 Å². The molecule has 0 aromatic carbocycles. The molecule has 0 aliphatic heterocycles. The predicted octanol–water partition coefficient (Wildman–Crippen LogP) is 1.16. The summed E-state index contributed by atoms with van der Waals surface area (Å²) in [5.41, 5.74) is -0.106. The maximum Gasteiger partial charge on any atom is 0.191 e. The van der Waals surface area contributed by atoms with Crippen molar-refractivity contribution < 1.29 is 8.42 Å². The number of guanidine groups is 1. The molecule has 0 heterocycles. The summed E-state index contributed by atoms with van der Waals surface area (Å²) in [6, 6.07) is 0. The molecule has 0 radical (unpaired) electrons. The monoisotopic (exact) mass is 277 g/mol. The van der Waals surface area contributed by atoms with Crippen LogP contribution in [0.2, 0.25) is 0 Å². The lowest BCUT2D eigenvalue weighted by atomic mass is 10.1. The molecule has 2 N–H and O–H groups in total. The van der Waals surface area contributed by atoms with Crippen LogP contribution in [0.15, 0.2) is 4.99 Å². The first-order chi connectivity index (χ1) is 7.89. The van der Waals surface area contributed by atoms with E-state index in [1.807, 2.05) is 20.8 Å². The van der Waals surface area contributed by atoms with Gasteiger partial charge in [-0.15, -0.1) is 0 Å². The molecule has 0 bridgehead atoms. The van der Waals surface area contributed by atoms with E-state index in [0.717, 1.165) is 0 Å². The Bertz CT molecular complexity index is 387. The highest BCUT2D eigenvalue weighted by Crippen LogP contribution is 2.15. The first-order valence-electron chi connectivity index (χ1n) is 6.10. The average Bonchev–Trinajstić information content (AvgIpc) is 2.12. The van der Waals surface area contributed by atoms with E-state index < -0.39 is 14.6 Å². The standard InChI is InChI=1S/C12H27N3O2S/c1-11(2,3)15-10(13-7)14-8-9-18(16,17)12(4,5)6/h8-9H2,1-7H3,(H2,13,14,15). The molecule has 18 heavy (non-hydrogen) atoms. The normalized spacial score (nSPS) is 14.5. The highest BCUT2D eigenvalue weighted by atomic mass is 32.2. The summed E-state index contributed by atoms with van der Waals surface area (Å²) in [4.78, 5) is 4.05. The number of hydrogen-bond donors (Lipinski definition) is 2. The lowest BCUT2D eigenvalue weighted by Crippen LogP contribution is -2.49. The lowest BCUT2D eigenvalue weighted by Gasteiger charge is -2.24. The first kappa shape index (κ1) is 17.2. The van der Waals surface area contributed by atoms with Crippen molar-refractivity contribution in [1.29, 1.82) is 0 Å². The Kier molecular flexibility index (Phi) is 5.65. The maximum absolute atomic E-state index is 11.9. The molecule has 5 nitrogen and oxygen atoms in total. The fourth-order valence-corrected chi connectivity index (χ4v) is 2.13. The summed E-state index contributed by atoms with van der Waals surface area (Å²) in [7, 11) is -1.42. The van der Waals surface area contributed by atoms with Crippen LogP contribution in [-0.4, -0.2) is 44.0 Å². The Morgan fingerprint density at radius 3 is 1.94 bits per heavy atom. The molecule has 0 saturated heterocycles. The van der Waals surface area contributed by atoms with Crippen molar-refractivity contribution in [2.24, 2.45) is 4.99 Å². The van der Waals surface area contributed by atoms with E-state index >= 15 is 0 Å². The minimum atomic E-state index is -3.09. The molecule has 0 aliphatic carbocycles. The Morgan fingerprint density at radius 2 is 1.61 bits per heavy atom. The minimum absolute atomic E-state index is 0.0986. The third-order valence-electron chi connectivity index (χ3n) is 2.31. The van der Waals surface area contributed by atoms with Crippen LogP contribution in [-0.2, 0) is 9.84 Å². The number of sulfone groups is 1. The SMILES string of the molecule is CN=C(NCCS(=O)(=O)C(C)(C)C)NC(C)(C)C. The van der Waals surface area contributed by atoms with Crippen LogP contribution in [0.1, 0.15) is 41.5 Å². The molecule has 0 fully saturated rings. The van der Waals surface area contributed by atoms with Crippen LogP contribution in [0.25, 0.3) is 0 Å². The van der Waals surface area contributed by atoms with Gasteiger partial charge in [0.25, 0.3) is 0 Å². The number of hydrogen-bond acceptors (Lipinski definition) is 3. The van der Waals surface area contributed by atoms with Crippen LogP contribution < -0.4 is 10.6 Å². The maximum atomic E-state index is 11.9. The molecule has 0 aromatic heterocycles. The van der Waals surface area contributed by atoms with Gasteiger partial charge in [0.05, 0.1) is 10.5 Å². The second-order valence-electron chi connectivity index (χ2n) is 6.31. The second-order valence-corrected chi connectivity index (χ2v) is 9.17. The highest BCUT2D eigenvalue weighted by Gasteiger charge is 2.28. The Labute approximate surface area is 111 Å². The van der Waals surface area contributed by atoms with Gasteiger partial charge in [0.15, 0.2) is 15.8 Å². The summed E-state index contributed by atoms with van der Waals surface area (Å²) in [6.45, 7) is 11.6. The fraction of sp³-hybridized carbons (Fsp3) is 0.917. The molecular weight excluding hydrogens is 250 g/mol. The van der Waals surface area contributed by atoms with Crippen molar-refractivity contribution in [3.63, 3.8) is 0 Å². The van der Waals surface area contributed by atoms with E-state index in [0.29, 0.717) is 12.5 Å². The Morgan fingerprint density at radius 1 is 1.11 bits per heavy atom. The molecule has 0 saturated carbocycles. The van der Waals surface area contributed by atoms with Crippen molar-refractivity contribution in [1.82, 2.24) is 10.6 Å². The minimum Gasteiger partial charge on any atom is -0.355 e. The van der Waals surface area contributed by atoms with Gasteiger partial charge in [0, 0.05) is 19.1 Å². The lowest BCUT2D eigenvalue weighted by molar-refractivity contribution is 0.502. The summed E-state index contributed by atoms with van der Waals surface area (Å²) < 4.78 is 23.1. The topological polar surface area (TPSA) is 70.6 Å². The molecular formula is C12H27N3O2S. The third-order valence-corrected chi connectivity index (χ3v) is 4.92. The van der Waals surface area contributed by atoms with Gasteiger partial charge in [-0.25, -0.2) is 8.42 Å². The summed E-state index contributed by atoms with van der Waals surface area (Å²) >= 11 is 0. The molecule has 0 aliphatic rings. The molecule has 0 aromatic rings. The second kappa shape index (κ2) is 5.91. The molecule has 0 unspecified atom stereocenters. The van der Waals surface area contributed by atoms with Crippen LogP contribution >= 0.6 is 0 Å². The summed E-state index contributed by atoms with van der Waals surface area (Å²) in [5.74, 6) is 0.716. The quantitative estimate of drug-likeness (QED) is 0.600. The molecule has 0 spiro atoms. The highest BCUT2D eigenvalue weighted by molar-refractivity contribution is 7.92. The van der Waals surface area contributed by atoms with Crippen LogP contribution in [0, 0.1) is 0 Å². The third kappa shape index (κ3) is 6.23. The van der Waals surface area contributed by atoms with Gasteiger partial charge in [0.1, 0.15) is 0 Å². The molecule has 0 atom stereocenters. The first-order valence-corrected chi connectivity index (χ1v) is 7.75. The van der Waals surface area contributed by atoms with Gasteiger partial charge in [-0.3, -0.25) is 4.99 Å². The van der Waals surface area contributed by atoms with Crippen LogP contribution in [0.4, 0.5) is 0 Å². The fourth-order valence-electron chi connectivity index (χ4n) is 1.14. The van der Waals surface area contributed by atoms with E-state index in [1.54, 1.807) is 27.8 Å². The molecule has 6 heteroatoms. The summed E-state index contributed by atoms with van der Waals surface area (Å²) in [6.07, 6.45) is 0. The van der Waals surface area contributed by atoms with Gasteiger partial charge in [-0.05, 0) is 41.5 Å². The van der Waals surface area contributed by atoms with Crippen molar-refractivity contribution in [3.8, 4) is 0 Å². The Hall–Kier alpha value is -0.780. The van der Waals surface area contributed by atoms with Gasteiger partial charge in [-0.1, -0.05) is 0 Å². The van der Waals surface area contributed by atoms with Gasteiger partial charge in [-0.2, -0.15) is 0 Å². The van der Waals surface area contributed by atoms with Gasteiger partial charge < -0.3 is 10.6 Å². The number of aliphatic imine (C=N–C) groups is 1. The zero-order chi connectivity index (χ0) is 14.6. The Balaban J connectivity index is 4.36. The zero-order valence-electron chi connectivity index (χ0n) is 12.6. The number of rotatable bonds is 3. The largest absolute Gasteiger partial charge is 0.355 e. The van der Waals surface area contributed by atoms with Crippen molar-refractivity contribution in [2.75, 3.05) is 19.3 Å². The predicted molar refractivity (Wildman–Crippen MR) is 77.8 cm³/mol. The van der Waals surface area contributed by atoms with E-state index in [2.05, 4.69) is 15.6 Å².